The Morgan fingerprint density at radius 3 is 2.68 bits per heavy atom. The maximum absolute atomic E-state index is 6.05. The maximum atomic E-state index is 6.05. The third-order valence-electron chi connectivity index (χ3n) is 4.91. The molecule has 1 aliphatic rings. The van der Waals surface area contributed by atoms with E-state index in [1.807, 2.05) is 13.8 Å². The second kappa shape index (κ2) is 10.7. The van der Waals surface area contributed by atoms with Crippen LogP contribution < -0.4 is 15.4 Å². The predicted octanol–water partition coefficient (Wildman–Crippen LogP) is 3.91. The van der Waals surface area contributed by atoms with Crippen molar-refractivity contribution in [3.8, 4) is 5.75 Å². The van der Waals surface area contributed by atoms with E-state index in [1.165, 1.54) is 18.4 Å². The van der Waals surface area contributed by atoms with Crippen LogP contribution >= 0.6 is 24.0 Å². The number of rotatable bonds is 8. The van der Waals surface area contributed by atoms with E-state index in [2.05, 4.69) is 45.9 Å². The monoisotopic (exact) mass is 498 g/mol. The molecule has 1 aromatic heterocycles. The van der Waals surface area contributed by atoms with Gasteiger partial charge in [0.25, 0.3) is 0 Å². The van der Waals surface area contributed by atoms with E-state index in [1.54, 1.807) is 7.05 Å². The largest absolute Gasteiger partial charge is 0.493 e. The summed E-state index contributed by atoms with van der Waals surface area (Å²) in [6.45, 7) is 8.27. The Morgan fingerprint density at radius 2 is 2.04 bits per heavy atom. The van der Waals surface area contributed by atoms with Gasteiger partial charge in [0, 0.05) is 31.3 Å². The number of benzene rings is 1. The van der Waals surface area contributed by atoms with Gasteiger partial charge in [0.15, 0.2) is 5.96 Å². The summed E-state index contributed by atoms with van der Waals surface area (Å²) in [5.74, 6) is 3.37. The van der Waals surface area contributed by atoms with Gasteiger partial charge in [-0.05, 0) is 57.6 Å². The number of hydrogen-bond acceptors (Lipinski definition) is 4. The number of hydrogen-bond donors (Lipinski definition) is 2. The highest BCUT2D eigenvalue weighted by molar-refractivity contribution is 14.0. The molecule has 1 heterocycles. The van der Waals surface area contributed by atoms with Crippen LogP contribution in [0, 0.1) is 26.7 Å². The normalized spacial score (nSPS) is 13.8. The van der Waals surface area contributed by atoms with Crippen LogP contribution in [-0.2, 0) is 13.0 Å². The number of guanidine groups is 1. The predicted molar refractivity (Wildman–Crippen MR) is 123 cm³/mol. The first kappa shape index (κ1) is 22.5. The molecule has 0 saturated heterocycles. The van der Waals surface area contributed by atoms with Crippen molar-refractivity contribution in [1.29, 1.82) is 0 Å². The molecule has 0 spiro atoms. The molecule has 0 unspecified atom stereocenters. The number of aromatic nitrogens is 1. The molecule has 0 amide bonds. The zero-order valence-corrected chi connectivity index (χ0v) is 19.5. The highest BCUT2D eigenvalue weighted by Gasteiger charge is 2.22. The quantitative estimate of drug-likeness (QED) is 0.328. The first-order valence-electron chi connectivity index (χ1n) is 9.65. The van der Waals surface area contributed by atoms with E-state index >= 15 is 0 Å². The van der Waals surface area contributed by atoms with E-state index in [0.717, 1.165) is 59.8 Å². The van der Waals surface area contributed by atoms with E-state index in [9.17, 15) is 0 Å². The van der Waals surface area contributed by atoms with Gasteiger partial charge in [0.2, 0.25) is 0 Å². The lowest BCUT2D eigenvalue weighted by atomic mass is 10.1. The topological polar surface area (TPSA) is 71.7 Å². The Kier molecular flexibility index (Phi) is 8.59. The number of aryl methyl sites for hydroxylation is 3. The summed E-state index contributed by atoms with van der Waals surface area (Å²) < 4.78 is 11.3. The Bertz CT molecular complexity index is 780. The molecule has 0 aliphatic heterocycles. The van der Waals surface area contributed by atoms with Crippen LogP contribution in [0.15, 0.2) is 27.7 Å². The molecule has 1 saturated carbocycles. The van der Waals surface area contributed by atoms with Crippen LogP contribution in [0.3, 0.4) is 0 Å². The van der Waals surface area contributed by atoms with Gasteiger partial charge in [-0.2, -0.15) is 0 Å². The lowest BCUT2D eigenvalue weighted by Crippen LogP contribution is -2.38. The number of nitrogens with one attached hydrogen (secondary N) is 2. The summed E-state index contributed by atoms with van der Waals surface area (Å²) in [5.41, 5.74) is 4.48. The average Bonchev–Trinajstić information content (AvgIpc) is 3.44. The molecule has 1 fully saturated rings. The van der Waals surface area contributed by atoms with Crippen LogP contribution in [0.5, 0.6) is 5.75 Å². The van der Waals surface area contributed by atoms with Gasteiger partial charge >= 0.3 is 0 Å². The van der Waals surface area contributed by atoms with Gasteiger partial charge in [-0.15, -0.1) is 24.0 Å². The lowest BCUT2D eigenvalue weighted by Gasteiger charge is -2.15. The van der Waals surface area contributed by atoms with E-state index in [4.69, 9.17) is 9.26 Å². The smallest absolute Gasteiger partial charge is 0.191 e. The molecule has 1 aromatic carbocycles. The summed E-state index contributed by atoms with van der Waals surface area (Å²) in [6, 6.07) is 6.36. The van der Waals surface area contributed by atoms with Crippen molar-refractivity contribution in [3.05, 3.63) is 46.3 Å². The summed E-state index contributed by atoms with van der Waals surface area (Å²) in [4.78, 5) is 4.31. The number of halogens is 1. The Labute approximate surface area is 184 Å². The van der Waals surface area contributed by atoms with Crippen LogP contribution in [0.2, 0.25) is 0 Å². The minimum absolute atomic E-state index is 0. The Balaban J connectivity index is 0.00000280. The molecule has 0 atom stereocenters. The summed E-state index contributed by atoms with van der Waals surface area (Å²) in [7, 11) is 1.78. The van der Waals surface area contributed by atoms with Crippen molar-refractivity contribution < 1.29 is 9.26 Å². The van der Waals surface area contributed by atoms with Crippen molar-refractivity contribution in [2.24, 2.45) is 10.9 Å². The van der Waals surface area contributed by atoms with Crippen LogP contribution in [-0.4, -0.2) is 31.3 Å². The number of aliphatic imine (C=N–C) groups is 1. The van der Waals surface area contributed by atoms with Crippen LogP contribution in [0.1, 0.15) is 41.0 Å². The highest BCUT2D eigenvalue weighted by Crippen LogP contribution is 2.30. The zero-order valence-electron chi connectivity index (χ0n) is 17.2. The Hall–Kier alpha value is -1.77. The zero-order chi connectivity index (χ0) is 19.2. The summed E-state index contributed by atoms with van der Waals surface area (Å²) >= 11 is 0. The fourth-order valence-electron chi connectivity index (χ4n) is 3.00. The molecule has 0 bridgehead atoms. The van der Waals surface area contributed by atoms with Crippen LogP contribution in [0.25, 0.3) is 0 Å². The van der Waals surface area contributed by atoms with Crippen LogP contribution in [0.4, 0.5) is 0 Å². The molecule has 154 valence electrons. The molecule has 0 radical (unpaired) electrons. The van der Waals surface area contributed by atoms with E-state index < -0.39 is 0 Å². The van der Waals surface area contributed by atoms with Crippen molar-refractivity contribution in [2.45, 2.75) is 46.6 Å². The first-order valence-corrected chi connectivity index (χ1v) is 9.65. The number of nitrogens with zero attached hydrogens (tertiary/aromatic N) is 2. The fraction of sp³-hybridized carbons (Fsp3) is 0.524. The molecule has 28 heavy (non-hydrogen) atoms. The molecular formula is C21H31IN4O2. The van der Waals surface area contributed by atoms with E-state index in [-0.39, 0.29) is 24.0 Å². The third kappa shape index (κ3) is 6.39. The van der Waals surface area contributed by atoms with Crippen molar-refractivity contribution >= 4 is 29.9 Å². The molecule has 7 heteroatoms. The Morgan fingerprint density at radius 1 is 1.25 bits per heavy atom. The van der Waals surface area contributed by atoms with Gasteiger partial charge in [-0.25, -0.2) is 0 Å². The molecule has 3 rings (SSSR count). The summed E-state index contributed by atoms with van der Waals surface area (Å²) in [6.07, 6.45) is 3.43. The summed E-state index contributed by atoms with van der Waals surface area (Å²) in [5, 5.41) is 10.7. The maximum Gasteiger partial charge on any atom is 0.191 e. The minimum atomic E-state index is 0. The molecule has 6 nitrogen and oxygen atoms in total. The van der Waals surface area contributed by atoms with Gasteiger partial charge < -0.3 is 19.9 Å². The number of ether oxygens (including phenoxy) is 1. The lowest BCUT2D eigenvalue weighted by molar-refractivity contribution is 0.296. The molecule has 2 N–H and O–H groups in total. The molecule has 1 aliphatic carbocycles. The first-order chi connectivity index (χ1) is 13.1. The fourth-order valence-corrected chi connectivity index (χ4v) is 3.00. The highest BCUT2D eigenvalue weighted by atomic mass is 127. The second-order valence-electron chi connectivity index (χ2n) is 7.27. The third-order valence-corrected chi connectivity index (χ3v) is 4.91. The van der Waals surface area contributed by atoms with Crippen molar-refractivity contribution in [3.63, 3.8) is 0 Å². The van der Waals surface area contributed by atoms with Gasteiger partial charge in [-0.1, -0.05) is 17.3 Å². The van der Waals surface area contributed by atoms with Crippen molar-refractivity contribution in [1.82, 2.24) is 15.8 Å². The molecular weight excluding hydrogens is 467 g/mol. The van der Waals surface area contributed by atoms with Gasteiger partial charge in [-0.3, -0.25) is 4.99 Å². The molecule has 2 aromatic rings. The van der Waals surface area contributed by atoms with E-state index in [0.29, 0.717) is 6.54 Å². The van der Waals surface area contributed by atoms with Crippen molar-refractivity contribution in [2.75, 3.05) is 20.2 Å². The SMILES string of the molecule is CN=C(NCCc1c(C)noc1C)NCc1ccc(C)cc1OCC1CC1.I. The van der Waals surface area contributed by atoms with Gasteiger partial charge in [0.05, 0.1) is 12.3 Å². The minimum Gasteiger partial charge on any atom is -0.493 e. The standard InChI is InChI=1S/C21H30N4O2.HI/c1-14-5-8-18(20(11-14)26-13-17-6-7-17)12-24-21(22-4)23-10-9-19-15(2)25-27-16(19)3;/h5,8,11,17H,6-7,9-10,12-13H2,1-4H3,(H2,22,23,24);1H. The average molecular weight is 498 g/mol. The van der Waals surface area contributed by atoms with Gasteiger partial charge in [0.1, 0.15) is 11.5 Å². The second-order valence-corrected chi connectivity index (χ2v) is 7.27.